The zero-order chi connectivity index (χ0) is 25.2. The minimum Gasteiger partial charge on any atom is -0.484 e. The maximum Gasteiger partial charge on any atom is 0.261 e. The van der Waals surface area contributed by atoms with Crippen LogP contribution in [-0.2, 0) is 22.6 Å². The summed E-state index contributed by atoms with van der Waals surface area (Å²) in [4.78, 5) is 28.5. The van der Waals surface area contributed by atoms with Crippen molar-refractivity contribution in [2.24, 2.45) is 5.92 Å². The monoisotopic (exact) mass is 556 g/mol. The van der Waals surface area contributed by atoms with E-state index in [0.29, 0.717) is 29.7 Å². The lowest BCUT2D eigenvalue weighted by Crippen LogP contribution is -2.52. The van der Waals surface area contributed by atoms with Gasteiger partial charge in [0.1, 0.15) is 11.8 Å². The second-order valence-corrected chi connectivity index (χ2v) is 10.1. The molecule has 0 radical (unpaired) electrons. The molecule has 1 atom stereocenters. The van der Waals surface area contributed by atoms with E-state index < -0.39 is 6.04 Å². The number of carbonyl (C=O) groups is 2. The number of halogens is 2. The second kappa shape index (κ2) is 13.3. The Morgan fingerprint density at radius 3 is 2.31 bits per heavy atom. The van der Waals surface area contributed by atoms with E-state index in [1.165, 1.54) is 0 Å². The first-order chi connectivity index (χ1) is 16.8. The summed E-state index contributed by atoms with van der Waals surface area (Å²) >= 11 is 9.45. The van der Waals surface area contributed by atoms with Gasteiger partial charge in [-0.1, -0.05) is 83.8 Å². The number of nitrogens with one attached hydrogen (secondary N) is 1. The van der Waals surface area contributed by atoms with E-state index in [2.05, 4.69) is 21.2 Å². The molecule has 0 unspecified atom stereocenters. The molecule has 0 bridgehead atoms. The Morgan fingerprint density at radius 1 is 0.971 bits per heavy atom. The maximum absolute atomic E-state index is 13.5. The van der Waals surface area contributed by atoms with E-state index in [9.17, 15) is 9.59 Å². The molecule has 3 aromatic rings. The molecule has 184 valence electrons. The summed E-state index contributed by atoms with van der Waals surface area (Å²) in [5.41, 5.74) is 1.89. The van der Waals surface area contributed by atoms with Crippen LogP contribution in [0.3, 0.4) is 0 Å². The van der Waals surface area contributed by atoms with E-state index >= 15 is 0 Å². The van der Waals surface area contributed by atoms with E-state index in [0.717, 1.165) is 15.6 Å². The third-order valence-electron chi connectivity index (χ3n) is 5.37. The Morgan fingerprint density at radius 2 is 1.66 bits per heavy atom. The van der Waals surface area contributed by atoms with Gasteiger partial charge in [0.25, 0.3) is 5.91 Å². The van der Waals surface area contributed by atoms with Gasteiger partial charge in [0.05, 0.1) is 0 Å². The molecule has 0 saturated carbocycles. The third kappa shape index (κ3) is 8.71. The lowest BCUT2D eigenvalue weighted by Gasteiger charge is -2.31. The van der Waals surface area contributed by atoms with Crippen molar-refractivity contribution in [3.8, 4) is 5.75 Å². The Labute approximate surface area is 220 Å². The van der Waals surface area contributed by atoms with Gasteiger partial charge in [-0.15, -0.1) is 0 Å². The predicted octanol–water partition coefficient (Wildman–Crippen LogP) is 5.89. The minimum absolute atomic E-state index is 0.183. The number of hydrogen-bond donors (Lipinski definition) is 1. The van der Waals surface area contributed by atoms with Crippen LogP contribution in [-0.4, -0.2) is 35.9 Å². The van der Waals surface area contributed by atoms with Gasteiger partial charge in [-0.2, -0.15) is 0 Å². The average molecular weight is 558 g/mol. The number of hydrogen-bond acceptors (Lipinski definition) is 3. The quantitative estimate of drug-likeness (QED) is 0.320. The lowest BCUT2D eigenvalue weighted by molar-refractivity contribution is -0.142. The summed E-state index contributed by atoms with van der Waals surface area (Å²) in [5, 5.41) is 3.61. The van der Waals surface area contributed by atoms with Crippen molar-refractivity contribution in [1.82, 2.24) is 10.2 Å². The highest BCUT2D eigenvalue weighted by atomic mass is 79.9. The van der Waals surface area contributed by atoms with E-state index in [1.54, 1.807) is 29.2 Å². The first kappa shape index (κ1) is 26.8. The predicted molar refractivity (Wildman–Crippen MR) is 143 cm³/mol. The van der Waals surface area contributed by atoms with Crippen LogP contribution < -0.4 is 10.1 Å². The fourth-order valence-electron chi connectivity index (χ4n) is 3.57. The van der Waals surface area contributed by atoms with Crippen LogP contribution in [0.15, 0.2) is 83.3 Å². The molecule has 1 N–H and O–H groups in total. The molecule has 35 heavy (non-hydrogen) atoms. The van der Waals surface area contributed by atoms with Gasteiger partial charge < -0.3 is 15.0 Å². The number of nitrogens with zero attached hydrogens (tertiary/aromatic N) is 1. The van der Waals surface area contributed by atoms with Crippen molar-refractivity contribution in [3.05, 3.63) is 99.5 Å². The molecule has 0 aliphatic rings. The minimum atomic E-state index is -0.698. The molecular formula is C28H30BrClN2O3. The fraction of sp³-hybridized carbons (Fsp3) is 0.286. The summed E-state index contributed by atoms with van der Waals surface area (Å²) in [6, 6.07) is 23.6. The topological polar surface area (TPSA) is 58.6 Å². The Kier molecular flexibility index (Phi) is 10.2. The first-order valence-corrected chi connectivity index (χ1v) is 12.7. The SMILES string of the molecule is CC(C)CNC(=O)[C@@H](Cc1ccccc1)N(Cc1cccc(Br)c1)C(=O)COc1ccc(Cl)cc1. The molecule has 0 fully saturated rings. The van der Waals surface area contributed by atoms with Crippen LogP contribution in [0.1, 0.15) is 25.0 Å². The van der Waals surface area contributed by atoms with Crippen LogP contribution >= 0.6 is 27.5 Å². The summed E-state index contributed by atoms with van der Waals surface area (Å²) < 4.78 is 6.66. The highest BCUT2D eigenvalue weighted by Crippen LogP contribution is 2.19. The molecule has 0 saturated heterocycles. The van der Waals surface area contributed by atoms with Crippen LogP contribution in [0.4, 0.5) is 0 Å². The molecule has 0 aliphatic carbocycles. The van der Waals surface area contributed by atoms with Crippen molar-refractivity contribution in [1.29, 1.82) is 0 Å². The molecule has 3 aromatic carbocycles. The average Bonchev–Trinajstić information content (AvgIpc) is 2.85. The van der Waals surface area contributed by atoms with Crippen LogP contribution in [0.25, 0.3) is 0 Å². The summed E-state index contributed by atoms with van der Waals surface area (Å²) in [7, 11) is 0. The van der Waals surface area contributed by atoms with Crippen LogP contribution in [0, 0.1) is 5.92 Å². The number of rotatable bonds is 11. The molecular weight excluding hydrogens is 528 g/mol. The maximum atomic E-state index is 13.5. The number of benzene rings is 3. The summed E-state index contributed by atoms with van der Waals surface area (Å²) in [5.74, 6) is 0.366. The molecule has 0 aliphatic heterocycles. The van der Waals surface area contributed by atoms with Gasteiger partial charge in [0.2, 0.25) is 5.91 Å². The standard InChI is InChI=1S/C28H30BrClN2O3/c1-20(2)17-31-28(34)26(16-21-7-4-3-5-8-21)32(18-22-9-6-10-23(29)15-22)27(33)19-35-25-13-11-24(30)12-14-25/h3-15,20,26H,16-19H2,1-2H3,(H,31,34)/t26-/m1/s1. The molecule has 7 heteroatoms. The Hall–Kier alpha value is -2.83. The number of amides is 2. The highest BCUT2D eigenvalue weighted by molar-refractivity contribution is 9.10. The third-order valence-corrected chi connectivity index (χ3v) is 6.12. The Balaban J connectivity index is 1.89. The van der Waals surface area contributed by atoms with Gasteiger partial charge in [0, 0.05) is 29.0 Å². The Bertz CT molecular complexity index is 1110. The van der Waals surface area contributed by atoms with E-state index in [4.69, 9.17) is 16.3 Å². The molecule has 2 amide bonds. The van der Waals surface area contributed by atoms with Gasteiger partial charge in [0.15, 0.2) is 6.61 Å². The van der Waals surface area contributed by atoms with Crippen molar-refractivity contribution in [2.75, 3.05) is 13.2 Å². The lowest BCUT2D eigenvalue weighted by atomic mass is 10.0. The summed E-state index contributed by atoms with van der Waals surface area (Å²) in [6.07, 6.45) is 0.394. The van der Waals surface area contributed by atoms with Gasteiger partial charge in [-0.05, 0) is 53.4 Å². The number of ether oxygens (including phenoxy) is 1. The van der Waals surface area contributed by atoms with Crippen molar-refractivity contribution in [3.63, 3.8) is 0 Å². The fourth-order valence-corrected chi connectivity index (χ4v) is 4.14. The smallest absolute Gasteiger partial charge is 0.261 e. The van der Waals surface area contributed by atoms with Crippen LogP contribution in [0.2, 0.25) is 5.02 Å². The van der Waals surface area contributed by atoms with E-state index in [-0.39, 0.29) is 25.0 Å². The van der Waals surface area contributed by atoms with Crippen molar-refractivity contribution in [2.45, 2.75) is 32.9 Å². The number of carbonyl (C=O) groups excluding carboxylic acids is 2. The zero-order valence-electron chi connectivity index (χ0n) is 19.9. The zero-order valence-corrected chi connectivity index (χ0v) is 22.3. The molecule has 5 nitrogen and oxygen atoms in total. The van der Waals surface area contributed by atoms with Crippen molar-refractivity contribution >= 4 is 39.3 Å². The summed E-state index contributed by atoms with van der Waals surface area (Å²) in [6.45, 7) is 4.69. The van der Waals surface area contributed by atoms with Crippen LogP contribution in [0.5, 0.6) is 5.75 Å². The second-order valence-electron chi connectivity index (χ2n) is 8.74. The largest absolute Gasteiger partial charge is 0.484 e. The molecule has 3 rings (SSSR count). The molecule has 0 heterocycles. The van der Waals surface area contributed by atoms with E-state index in [1.807, 2.05) is 68.4 Å². The highest BCUT2D eigenvalue weighted by Gasteiger charge is 2.30. The normalized spacial score (nSPS) is 11.7. The molecule has 0 aromatic heterocycles. The molecule has 0 spiro atoms. The van der Waals surface area contributed by atoms with Crippen molar-refractivity contribution < 1.29 is 14.3 Å². The first-order valence-electron chi connectivity index (χ1n) is 11.6. The van der Waals surface area contributed by atoms with Gasteiger partial charge in [-0.25, -0.2) is 0 Å². The van der Waals surface area contributed by atoms with Gasteiger partial charge >= 0.3 is 0 Å². The van der Waals surface area contributed by atoms with Gasteiger partial charge in [-0.3, -0.25) is 9.59 Å².